The van der Waals surface area contributed by atoms with Crippen molar-refractivity contribution in [3.8, 4) is 11.5 Å². The van der Waals surface area contributed by atoms with E-state index in [9.17, 15) is 18.7 Å². The molecule has 0 aliphatic heterocycles. The number of anilines is 1. The van der Waals surface area contributed by atoms with E-state index in [1.54, 1.807) is 37.6 Å². The Morgan fingerprint density at radius 3 is 2.61 bits per heavy atom. The highest BCUT2D eigenvalue weighted by atomic mass is 32.2. The number of amides is 1. The van der Waals surface area contributed by atoms with Gasteiger partial charge in [-0.2, -0.15) is 8.78 Å². The fourth-order valence-electron chi connectivity index (χ4n) is 2.98. The number of aromatic hydroxyl groups is 1. The van der Waals surface area contributed by atoms with Crippen LogP contribution in [0.5, 0.6) is 11.5 Å². The molecule has 6 nitrogen and oxygen atoms in total. The molecule has 0 bridgehead atoms. The number of hydrogen-bond donors (Lipinski definition) is 3. The molecule has 0 aliphatic rings. The summed E-state index contributed by atoms with van der Waals surface area (Å²) in [7, 11) is 0. The monoisotopic (exact) mass is 445 g/mol. The van der Waals surface area contributed by atoms with Gasteiger partial charge in [-0.3, -0.25) is 9.78 Å². The Kier molecular flexibility index (Phi) is 7.30. The highest BCUT2D eigenvalue weighted by molar-refractivity contribution is 8.03. The maximum absolute atomic E-state index is 12.7. The van der Waals surface area contributed by atoms with Crippen molar-refractivity contribution in [3.63, 3.8) is 0 Å². The van der Waals surface area contributed by atoms with E-state index in [1.807, 2.05) is 6.07 Å². The predicted octanol–water partition coefficient (Wildman–Crippen LogP) is 4.86. The molecule has 2 aromatic carbocycles. The molecule has 162 valence electrons. The third kappa shape index (κ3) is 5.85. The smallest absolute Gasteiger partial charge is 0.387 e. The lowest BCUT2D eigenvalue weighted by molar-refractivity contribution is -0.112. The third-order valence-electron chi connectivity index (χ3n) is 4.45. The summed E-state index contributed by atoms with van der Waals surface area (Å²) in [5.74, 6) is -0.148. The number of rotatable bonds is 8. The van der Waals surface area contributed by atoms with Crippen molar-refractivity contribution >= 4 is 34.3 Å². The van der Waals surface area contributed by atoms with Gasteiger partial charge in [0.2, 0.25) is 0 Å². The van der Waals surface area contributed by atoms with Gasteiger partial charge in [-0.05, 0) is 61.2 Å². The van der Waals surface area contributed by atoms with Crippen LogP contribution in [0.25, 0.3) is 10.9 Å². The van der Waals surface area contributed by atoms with Gasteiger partial charge < -0.3 is 20.5 Å². The second kappa shape index (κ2) is 10.1. The molecule has 1 amide bonds. The van der Waals surface area contributed by atoms with Crippen LogP contribution >= 0.6 is 11.8 Å². The van der Waals surface area contributed by atoms with Crippen molar-refractivity contribution in [3.05, 3.63) is 70.9 Å². The first-order valence-corrected chi connectivity index (χ1v) is 10.5. The van der Waals surface area contributed by atoms with E-state index < -0.39 is 6.61 Å². The van der Waals surface area contributed by atoms with Gasteiger partial charge in [0.15, 0.2) is 0 Å². The van der Waals surface area contributed by atoms with Crippen LogP contribution in [-0.2, 0) is 11.3 Å². The largest absolute Gasteiger partial charge is 0.508 e. The number of hydrogen-bond acceptors (Lipinski definition) is 6. The van der Waals surface area contributed by atoms with Gasteiger partial charge in [0.05, 0.1) is 10.4 Å². The van der Waals surface area contributed by atoms with Crippen LogP contribution in [0, 0.1) is 0 Å². The Morgan fingerprint density at radius 1 is 1.19 bits per heavy atom. The standard InChI is InChI=1S/C22H21F2N3O3S/c1-13(26-12-14-9-10-25-19-11-16(28)5-8-18(14)19)20(31-2)21(29)27-15-3-6-17(7-4-15)30-22(23)24/h3-11,22,26,28H,12H2,1-2H3,(H,27,29)/b20-13+. The number of fused-ring (bicyclic) bond motifs is 1. The van der Waals surface area contributed by atoms with Crippen LogP contribution in [0.2, 0.25) is 0 Å². The number of allylic oxidation sites excluding steroid dienone is 1. The molecule has 0 radical (unpaired) electrons. The Bertz CT molecular complexity index is 1100. The van der Waals surface area contributed by atoms with Crippen molar-refractivity contribution in [1.29, 1.82) is 0 Å². The number of nitrogens with one attached hydrogen (secondary N) is 2. The quantitative estimate of drug-likeness (QED) is 0.430. The first kappa shape index (κ1) is 22.4. The summed E-state index contributed by atoms with van der Waals surface area (Å²) < 4.78 is 28.8. The van der Waals surface area contributed by atoms with Gasteiger partial charge in [0, 0.05) is 35.6 Å². The molecule has 1 aromatic heterocycles. The Morgan fingerprint density at radius 2 is 1.94 bits per heavy atom. The molecule has 3 rings (SSSR count). The fraction of sp³-hybridized carbons (Fsp3) is 0.182. The molecule has 9 heteroatoms. The number of nitrogens with zero attached hydrogens (tertiary/aromatic N) is 1. The Balaban J connectivity index is 1.70. The lowest BCUT2D eigenvalue weighted by Crippen LogP contribution is -2.19. The molecular formula is C22H21F2N3O3S. The minimum absolute atomic E-state index is 0.0179. The van der Waals surface area contributed by atoms with E-state index >= 15 is 0 Å². The molecule has 3 N–H and O–H groups in total. The predicted molar refractivity (Wildman–Crippen MR) is 118 cm³/mol. The molecule has 0 fully saturated rings. The number of phenolic OH excluding ortho intramolecular Hbond substituents is 1. The zero-order valence-corrected chi connectivity index (χ0v) is 17.7. The molecule has 1 heterocycles. The van der Waals surface area contributed by atoms with E-state index in [2.05, 4.69) is 20.4 Å². The summed E-state index contributed by atoms with van der Waals surface area (Å²) in [6.45, 7) is -0.629. The Labute approximate surface area is 182 Å². The van der Waals surface area contributed by atoms with Gasteiger partial charge in [0.25, 0.3) is 5.91 Å². The minimum atomic E-state index is -2.90. The summed E-state index contributed by atoms with van der Waals surface area (Å²) in [6, 6.07) is 12.6. The number of ether oxygens (including phenoxy) is 1. The molecule has 0 spiro atoms. The zero-order chi connectivity index (χ0) is 22.4. The fourth-order valence-corrected chi connectivity index (χ4v) is 3.60. The molecule has 0 atom stereocenters. The van der Waals surface area contributed by atoms with E-state index in [0.29, 0.717) is 28.4 Å². The number of alkyl halides is 2. The van der Waals surface area contributed by atoms with Gasteiger partial charge in [-0.15, -0.1) is 11.8 Å². The van der Waals surface area contributed by atoms with Crippen molar-refractivity contribution < 1.29 is 23.4 Å². The summed E-state index contributed by atoms with van der Waals surface area (Å²) in [4.78, 5) is 17.4. The highest BCUT2D eigenvalue weighted by Crippen LogP contribution is 2.23. The second-order valence-electron chi connectivity index (χ2n) is 6.54. The van der Waals surface area contributed by atoms with Crippen molar-refractivity contribution in [2.75, 3.05) is 11.6 Å². The van der Waals surface area contributed by atoms with Gasteiger partial charge >= 0.3 is 6.61 Å². The summed E-state index contributed by atoms with van der Waals surface area (Å²) in [5, 5.41) is 16.5. The van der Waals surface area contributed by atoms with E-state index in [-0.39, 0.29) is 17.4 Å². The van der Waals surface area contributed by atoms with Crippen LogP contribution in [-0.4, -0.2) is 28.9 Å². The van der Waals surface area contributed by atoms with Crippen LogP contribution < -0.4 is 15.4 Å². The average Bonchev–Trinajstić information content (AvgIpc) is 2.73. The van der Waals surface area contributed by atoms with Crippen LogP contribution in [0.1, 0.15) is 12.5 Å². The normalized spacial score (nSPS) is 11.9. The number of aromatic nitrogens is 1. The van der Waals surface area contributed by atoms with Crippen LogP contribution in [0.3, 0.4) is 0 Å². The topological polar surface area (TPSA) is 83.5 Å². The molecular weight excluding hydrogens is 424 g/mol. The summed E-state index contributed by atoms with van der Waals surface area (Å²) >= 11 is 1.29. The number of thioether (sulfide) groups is 1. The number of benzene rings is 2. The van der Waals surface area contributed by atoms with Crippen molar-refractivity contribution in [1.82, 2.24) is 10.3 Å². The van der Waals surface area contributed by atoms with Crippen LogP contribution in [0.15, 0.2) is 65.3 Å². The summed E-state index contributed by atoms with van der Waals surface area (Å²) in [6.07, 6.45) is 3.46. The van der Waals surface area contributed by atoms with Crippen LogP contribution in [0.4, 0.5) is 14.5 Å². The molecule has 3 aromatic rings. The lowest BCUT2D eigenvalue weighted by Gasteiger charge is -2.14. The first-order valence-electron chi connectivity index (χ1n) is 9.29. The molecule has 31 heavy (non-hydrogen) atoms. The van der Waals surface area contributed by atoms with E-state index in [1.165, 1.54) is 36.0 Å². The van der Waals surface area contributed by atoms with E-state index in [4.69, 9.17) is 0 Å². The lowest BCUT2D eigenvalue weighted by atomic mass is 10.1. The van der Waals surface area contributed by atoms with E-state index in [0.717, 1.165) is 10.9 Å². The Hall–Kier alpha value is -3.33. The molecule has 0 saturated carbocycles. The number of carbonyl (C=O) groups is 1. The van der Waals surface area contributed by atoms with Gasteiger partial charge in [-0.25, -0.2) is 0 Å². The molecule has 0 saturated heterocycles. The van der Waals surface area contributed by atoms with Gasteiger partial charge in [-0.1, -0.05) is 0 Å². The zero-order valence-electron chi connectivity index (χ0n) is 16.9. The maximum Gasteiger partial charge on any atom is 0.387 e. The van der Waals surface area contributed by atoms with Crippen molar-refractivity contribution in [2.45, 2.75) is 20.1 Å². The molecule has 0 unspecified atom stereocenters. The maximum atomic E-state index is 12.7. The summed E-state index contributed by atoms with van der Waals surface area (Å²) in [5.41, 5.74) is 2.81. The number of halogens is 2. The second-order valence-corrected chi connectivity index (χ2v) is 7.36. The van der Waals surface area contributed by atoms with Crippen molar-refractivity contribution in [2.24, 2.45) is 0 Å². The number of pyridine rings is 1. The molecule has 0 aliphatic carbocycles. The van der Waals surface area contributed by atoms with Gasteiger partial charge in [0.1, 0.15) is 11.5 Å². The number of carbonyl (C=O) groups excluding carboxylic acids is 1. The SMILES string of the molecule is CS/C(C(=O)Nc1ccc(OC(F)F)cc1)=C(\C)NCc1ccnc2cc(O)ccc12. The third-order valence-corrected chi connectivity index (χ3v) is 5.35. The minimum Gasteiger partial charge on any atom is -0.508 e. The highest BCUT2D eigenvalue weighted by Gasteiger charge is 2.13. The number of phenols is 1. The average molecular weight is 445 g/mol. The first-order chi connectivity index (χ1) is 14.9.